The molecule has 22 heavy (non-hydrogen) atoms. The van der Waals surface area contributed by atoms with Crippen LogP contribution in [0.2, 0.25) is 0 Å². The average Bonchev–Trinajstić information content (AvgIpc) is 2.45. The van der Waals surface area contributed by atoms with Gasteiger partial charge in [-0.3, -0.25) is 4.79 Å². The van der Waals surface area contributed by atoms with Crippen molar-refractivity contribution < 1.29 is 17.6 Å². The molecular weight excluding hydrogens is 307 g/mol. The van der Waals surface area contributed by atoms with Crippen molar-refractivity contribution in [3.8, 4) is 0 Å². The largest absolute Gasteiger partial charge is 0.342 e. The molecule has 0 aliphatic carbocycles. The first kappa shape index (κ1) is 18.6. The van der Waals surface area contributed by atoms with E-state index in [1.807, 2.05) is 6.92 Å². The number of hydrogen-bond acceptors (Lipinski definition) is 3. The molecule has 0 fully saturated rings. The highest BCUT2D eigenvalue weighted by Gasteiger charge is 2.16. The fraction of sp³-hybridized carbons (Fsp3) is 0.533. The minimum absolute atomic E-state index is 0.0225. The molecule has 124 valence electrons. The predicted molar refractivity (Wildman–Crippen MR) is 83.5 cm³/mol. The van der Waals surface area contributed by atoms with Gasteiger partial charge in [0.1, 0.15) is 5.82 Å². The van der Waals surface area contributed by atoms with Gasteiger partial charge >= 0.3 is 0 Å². The topological polar surface area (TPSA) is 66.5 Å². The molecule has 1 aromatic carbocycles. The minimum atomic E-state index is -3.70. The van der Waals surface area contributed by atoms with Crippen LogP contribution in [-0.4, -0.2) is 38.9 Å². The Morgan fingerprint density at radius 2 is 2.00 bits per heavy atom. The first-order valence-electron chi connectivity index (χ1n) is 7.29. The number of unbranched alkanes of at least 4 members (excludes halogenated alkanes) is 1. The van der Waals surface area contributed by atoms with Gasteiger partial charge in [-0.25, -0.2) is 17.5 Å². The van der Waals surface area contributed by atoms with Gasteiger partial charge in [0, 0.05) is 26.6 Å². The van der Waals surface area contributed by atoms with E-state index in [1.165, 1.54) is 26.0 Å². The number of rotatable bonds is 8. The highest BCUT2D eigenvalue weighted by atomic mass is 32.2. The van der Waals surface area contributed by atoms with Crippen LogP contribution in [0.25, 0.3) is 0 Å². The molecule has 1 amide bonds. The second kappa shape index (κ2) is 8.24. The third-order valence-electron chi connectivity index (χ3n) is 3.34. The summed E-state index contributed by atoms with van der Waals surface area (Å²) >= 11 is 0. The zero-order chi connectivity index (χ0) is 16.8. The van der Waals surface area contributed by atoms with E-state index in [9.17, 15) is 17.6 Å². The van der Waals surface area contributed by atoms with Crippen LogP contribution in [0.4, 0.5) is 4.39 Å². The normalized spacial score (nSPS) is 11.5. The summed E-state index contributed by atoms with van der Waals surface area (Å²) in [7, 11) is -3.70. The second-order valence-electron chi connectivity index (χ2n) is 5.17. The Morgan fingerprint density at radius 1 is 1.32 bits per heavy atom. The second-order valence-corrected chi connectivity index (χ2v) is 6.94. The lowest BCUT2D eigenvalue weighted by Gasteiger charge is -2.21. The maximum atomic E-state index is 13.2. The lowest BCUT2D eigenvalue weighted by molar-refractivity contribution is -0.128. The summed E-state index contributed by atoms with van der Waals surface area (Å²) in [6.07, 6.45) is 1.84. The molecule has 1 N–H and O–H groups in total. The van der Waals surface area contributed by atoms with Gasteiger partial charge < -0.3 is 4.90 Å². The van der Waals surface area contributed by atoms with E-state index in [0.717, 1.165) is 18.9 Å². The third-order valence-corrected chi connectivity index (χ3v) is 4.80. The van der Waals surface area contributed by atoms with Crippen LogP contribution in [0, 0.1) is 12.7 Å². The molecule has 0 heterocycles. The minimum Gasteiger partial charge on any atom is -0.342 e. The first-order valence-corrected chi connectivity index (χ1v) is 8.77. The van der Waals surface area contributed by atoms with E-state index in [4.69, 9.17) is 0 Å². The lowest BCUT2D eigenvalue weighted by Crippen LogP contribution is -2.38. The Kier molecular flexibility index (Phi) is 6.96. The zero-order valence-electron chi connectivity index (χ0n) is 13.2. The molecule has 7 heteroatoms. The van der Waals surface area contributed by atoms with Gasteiger partial charge in [-0.15, -0.1) is 0 Å². The van der Waals surface area contributed by atoms with Gasteiger partial charge in [-0.1, -0.05) is 13.3 Å². The Hall–Kier alpha value is -1.47. The van der Waals surface area contributed by atoms with E-state index < -0.39 is 15.8 Å². The van der Waals surface area contributed by atoms with E-state index in [1.54, 1.807) is 4.90 Å². The van der Waals surface area contributed by atoms with Crippen molar-refractivity contribution in [1.29, 1.82) is 0 Å². The van der Waals surface area contributed by atoms with E-state index in [2.05, 4.69) is 4.72 Å². The molecule has 0 spiro atoms. The fourth-order valence-corrected chi connectivity index (χ4v) is 3.06. The van der Waals surface area contributed by atoms with Crippen LogP contribution >= 0.6 is 0 Å². The molecule has 0 aliphatic rings. The maximum absolute atomic E-state index is 13.2. The van der Waals surface area contributed by atoms with Gasteiger partial charge in [-0.2, -0.15) is 0 Å². The molecule has 0 aliphatic heterocycles. The average molecular weight is 330 g/mol. The summed E-state index contributed by atoms with van der Waals surface area (Å²) in [5.74, 6) is -0.522. The number of halogens is 1. The molecule has 0 aromatic heterocycles. The third kappa shape index (κ3) is 5.38. The zero-order valence-corrected chi connectivity index (χ0v) is 14.0. The highest BCUT2D eigenvalue weighted by Crippen LogP contribution is 2.13. The number of carbonyl (C=O) groups is 1. The van der Waals surface area contributed by atoms with E-state index in [-0.39, 0.29) is 22.9 Å². The predicted octanol–water partition coefficient (Wildman–Crippen LogP) is 2.06. The molecule has 0 unspecified atom stereocenters. The standard InChI is InChI=1S/C15H23FN2O3S/c1-4-5-9-18(13(3)19)10-8-17-22(20,21)14-6-7-15(16)12(2)11-14/h6-7,11,17H,4-5,8-10H2,1-3H3. The summed E-state index contributed by atoms with van der Waals surface area (Å²) in [6, 6.07) is 3.65. The summed E-state index contributed by atoms with van der Waals surface area (Å²) in [5.41, 5.74) is 0.274. The summed E-state index contributed by atoms with van der Waals surface area (Å²) < 4.78 is 39.9. The van der Waals surface area contributed by atoms with E-state index in [0.29, 0.717) is 13.1 Å². The molecule has 0 saturated carbocycles. The Bertz CT molecular complexity index is 617. The van der Waals surface area contributed by atoms with Crippen LogP contribution in [0.1, 0.15) is 32.3 Å². The number of benzene rings is 1. The first-order chi connectivity index (χ1) is 10.3. The molecule has 1 rings (SSSR count). The van der Waals surface area contributed by atoms with Crippen molar-refractivity contribution in [3.05, 3.63) is 29.6 Å². The van der Waals surface area contributed by atoms with Gasteiger partial charge in [0.2, 0.25) is 15.9 Å². The summed E-state index contributed by atoms with van der Waals surface area (Å²) in [6.45, 7) is 6.06. The van der Waals surface area contributed by atoms with Crippen molar-refractivity contribution in [2.24, 2.45) is 0 Å². The molecule has 0 saturated heterocycles. The number of amides is 1. The lowest BCUT2D eigenvalue weighted by atomic mass is 10.2. The smallest absolute Gasteiger partial charge is 0.240 e. The Balaban J connectivity index is 2.65. The highest BCUT2D eigenvalue weighted by molar-refractivity contribution is 7.89. The van der Waals surface area contributed by atoms with Crippen LogP contribution in [0.5, 0.6) is 0 Å². The molecular formula is C15H23FN2O3S. The van der Waals surface area contributed by atoms with Crippen LogP contribution in [0.15, 0.2) is 23.1 Å². The Morgan fingerprint density at radius 3 is 2.55 bits per heavy atom. The van der Waals surface area contributed by atoms with Crippen molar-refractivity contribution in [1.82, 2.24) is 9.62 Å². The number of aryl methyl sites for hydroxylation is 1. The number of nitrogens with one attached hydrogen (secondary N) is 1. The monoisotopic (exact) mass is 330 g/mol. The van der Waals surface area contributed by atoms with Crippen LogP contribution in [-0.2, 0) is 14.8 Å². The fourth-order valence-electron chi connectivity index (χ4n) is 1.96. The van der Waals surface area contributed by atoms with Crippen LogP contribution in [0.3, 0.4) is 0 Å². The van der Waals surface area contributed by atoms with E-state index >= 15 is 0 Å². The van der Waals surface area contributed by atoms with Gasteiger partial charge in [0.05, 0.1) is 4.90 Å². The number of carbonyl (C=O) groups excluding carboxylic acids is 1. The molecule has 0 bridgehead atoms. The number of nitrogens with zero attached hydrogens (tertiary/aromatic N) is 1. The Labute approximate surface area is 131 Å². The molecule has 5 nitrogen and oxygen atoms in total. The van der Waals surface area contributed by atoms with Crippen molar-refractivity contribution >= 4 is 15.9 Å². The van der Waals surface area contributed by atoms with Crippen LogP contribution < -0.4 is 4.72 Å². The number of sulfonamides is 1. The number of hydrogen-bond donors (Lipinski definition) is 1. The van der Waals surface area contributed by atoms with Gasteiger partial charge in [0.15, 0.2) is 0 Å². The molecule has 1 aromatic rings. The van der Waals surface area contributed by atoms with Crippen molar-refractivity contribution in [3.63, 3.8) is 0 Å². The summed E-state index contributed by atoms with van der Waals surface area (Å²) in [5, 5.41) is 0. The van der Waals surface area contributed by atoms with Gasteiger partial charge in [0.25, 0.3) is 0 Å². The quantitative estimate of drug-likeness (QED) is 0.793. The molecule has 0 radical (unpaired) electrons. The van der Waals surface area contributed by atoms with Crippen molar-refractivity contribution in [2.45, 2.75) is 38.5 Å². The SMILES string of the molecule is CCCCN(CCNS(=O)(=O)c1ccc(F)c(C)c1)C(C)=O. The molecule has 0 atom stereocenters. The van der Waals surface area contributed by atoms with Crippen molar-refractivity contribution in [2.75, 3.05) is 19.6 Å². The summed E-state index contributed by atoms with van der Waals surface area (Å²) in [4.78, 5) is 13.1. The van der Waals surface area contributed by atoms with Gasteiger partial charge in [-0.05, 0) is 37.1 Å². The maximum Gasteiger partial charge on any atom is 0.240 e.